The lowest BCUT2D eigenvalue weighted by atomic mass is 10.0. The number of imide groups is 1. The highest BCUT2D eigenvalue weighted by Crippen LogP contribution is 2.23. The first-order chi connectivity index (χ1) is 18.4. The molecule has 0 spiro atoms. The summed E-state index contributed by atoms with van der Waals surface area (Å²) < 4.78 is 13.5. The van der Waals surface area contributed by atoms with E-state index in [1.807, 2.05) is 37.3 Å². The molecule has 0 saturated carbocycles. The van der Waals surface area contributed by atoms with Gasteiger partial charge in [-0.25, -0.2) is 4.39 Å². The van der Waals surface area contributed by atoms with Crippen LogP contribution in [0, 0.1) is 5.82 Å². The van der Waals surface area contributed by atoms with E-state index >= 15 is 0 Å². The lowest BCUT2D eigenvalue weighted by Crippen LogP contribution is -2.50. The van der Waals surface area contributed by atoms with Crippen molar-refractivity contribution in [3.05, 3.63) is 107 Å². The maximum atomic E-state index is 13.6. The summed E-state index contributed by atoms with van der Waals surface area (Å²) >= 11 is 0. The minimum Gasteiger partial charge on any atom is -0.355 e. The standard InChI is InChI=1S/C30H30FN3O4/c1-2-32-28(36)26(19-21-9-4-3-5-10-21)34(20-22-14-16-23(31)17-15-22)27(35)13-8-18-33-29(37)24-11-6-7-12-25(24)30(33)38/h3-7,9-12,14-17,26H,2,8,13,18-20H2,1H3,(H,32,36). The number of rotatable bonds is 11. The zero-order valence-corrected chi connectivity index (χ0v) is 21.2. The van der Waals surface area contributed by atoms with Crippen molar-refractivity contribution in [1.29, 1.82) is 0 Å². The second-order valence-corrected chi connectivity index (χ2v) is 9.16. The molecular formula is C30H30FN3O4. The van der Waals surface area contributed by atoms with Crippen molar-refractivity contribution in [2.75, 3.05) is 13.1 Å². The predicted molar refractivity (Wildman–Crippen MR) is 141 cm³/mol. The van der Waals surface area contributed by atoms with Crippen LogP contribution in [0.1, 0.15) is 51.6 Å². The van der Waals surface area contributed by atoms with Gasteiger partial charge in [-0.2, -0.15) is 0 Å². The highest BCUT2D eigenvalue weighted by atomic mass is 19.1. The van der Waals surface area contributed by atoms with E-state index in [9.17, 15) is 23.6 Å². The molecule has 196 valence electrons. The highest BCUT2D eigenvalue weighted by Gasteiger charge is 2.35. The van der Waals surface area contributed by atoms with Crippen LogP contribution in [0.2, 0.25) is 0 Å². The zero-order valence-electron chi connectivity index (χ0n) is 21.2. The van der Waals surface area contributed by atoms with Crippen LogP contribution in [0.4, 0.5) is 4.39 Å². The summed E-state index contributed by atoms with van der Waals surface area (Å²) in [6.45, 7) is 2.42. The molecule has 3 aromatic rings. The number of hydrogen-bond donors (Lipinski definition) is 1. The van der Waals surface area contributed by atoms with E-state index in [1.165, 1.54) is 17.0 Å². The fourth-order valence-electron chi connectivity index (χ4n) is 4.61. The Hall–Kier alpha value is -4.33. The molecule has 4 rings (SSSR count). The molecule has 0 saturated heterocycles. The lowest BCUT2D eigenvalue weighted by Gasteiger charge is -2.31. The largest absolute Gasteiger partial charge is 0.355 e. The van der Waals surface area contributed by atoms with E-state index in [4.69, 9.17) is 0 Å². The minimum absolute atomic E-state index is 0.0271. The SMILES string of the molecule is CCNC(=O)C(Cc1ccccc1)N(Cc1ccc(F)cc1)C(=O)CCCN1C(=O)c2ccccc2C1=O. The average Bonchev–Trinajstić information content (AvgIpc) is 3.17. The Kier molecular flexibility index (Phi) is 8.63. The van der Waals surface area contributed by atoms with E-state index in [0.29, 0.717) is 29.7 Å². The van der Waals surface area contributed by atoms with Crippen LogP contribution in [-0.4, -0.2) is 52.6 Å². The smallest absolute Gasteiger partial charge is 0.261 e. The number of likely N-dealkylation sites (N-methyl/N-ethyl adjacent to an activating group) is 1. The first kappa shape index (κ1) is 26.7. The van der Waals surface area contributed by atoms with Crippen molar-refractivity contribution in [2.45, 2.75) is 38.8 Å². The monoisotopic (exact) mass is 515 g/mol. The third-order valence-corrected chi connectivity index (χ3v) is 6.54. The molecule has 1 atom stereocenters. The van der Waals surface area contributed by atoms with Crippen LogP contribution in [0.3, 0.4) is 0 Å². The van der Waals surface area contributed by atoms with Crippen molar-refractivity contribution in [2.24, 2.45) is 0 Å². The molecule has 3 aromatic carbocycles. The van der Waals surface area contributed by atoms with Crippen LogP contribution < -0.4 is 5.32 Å². The molecule has 1 heterocycles. The first-order valence-corrected chi connectivity index (χ1v) is 12.7. The molecule has 0 fully saturated rings. The third-order valence-electron chi connectivity index (χ3n) is 6.54. The summed E-state index contributed by atoms with van der Waals surface area (Å²) in [4.78, 5) is 54.8. The summed E-state index contributed by atoms with van der Waals surface area (Å²) in [5, 5.41) is 2.83. The number of nitrogens with one attached hydrogen (secondary N) is 1. The maximum Gasteiger partial charge on any atom is 0.261 e. The topological polar surface area (TPSA) is 86.8 Å². The molecule has 8 heteroatoms. The van der Waals surface area contributed by atoms with Gasteiger partial charge in [-0.15, -0.1) is 0 Å². The molecule has 1 aliphatic rings. The van der Waals surface area contributed by atoms with E-state index in [1.54, 1.807) is 36.4 Å². The quantitative estimate of drug-likeness (QED) is 0.392. The molecule has 38 heavy (non-hydrogen) atoms. The van der Waals surface area contributed by atoms with Gasteiger partial charge in [0.05, 0.1) is 11.1 Å². The first-order valence-electron chi connectivity index (χ1n) is 12.7. The number of nitrogens with zero attached hydrogens (tertiary/aromatic N) is 2. The second kappa shape index (κ2) is 12.3. The molecule has 0 radical (unpaired) electrons. The normalized spacial score (nSPS) is 13.3. The summed E-state index contributed by atoms with van der Waals surface area (Å²) in [5.74, 6) is -1.71. The van der Waals surface area contributed by atoms with Crippen molar-refractivity contribution < 1.29 is 23.6 Å². The number of halogens is 1. The third kappa shape index (κ3) is 6.14. The predicted octanol–water partition coefficient (Wildman–Crippen LogP) is 3.98. The Morgan fingerprint density at radius 1 is 0.868 bits per heavy atom. The highest BCUT2D eigenvalue weighted by molar-refractivity contribution is 6.21. The van der Waals surface area contributed by atoms with Gasteiger partial charge in [0.25, 0.3) is 11.8 Å². The van der Waals surface area contributed by atoms with E-state index in [2.05, 4.69) is 5.32 Å². The Morgan fingerprint density at radius 2 is 1.47 bits per heavy atom. The van der Waals surface area contributed by atoms with Gasteiger partial charge in [0, 0.05) is 32.5 Å². The molecule has 0 aliphatic carbocycles. The average molecular weight is 516 g/mol. The molecule has 1 aliphatic heterocycles. The Labute approximate surface area is 221 Å². The van der Waals surface area contributed by atoms with Gasteiger partial charge in [-0.1, -0.05) is 54.6 Å². The van der Waals surface area contributed by atoms with Gasteiger partial charge in [0.1, 0.15) is 11.9 Å². The summed E-state index contributed by atoms with van der Waals surface area (Å²) in [6, 6.07) is 21.1. The molecule has 4 amide bonds. The van der Waals surface area contributed by atoms with Crippen LogP contribution in [-0.2, 0) is 22.6 Å². The van der Waals surface area contributed by atoms with Gasteiger partial charge in [0.15, 0.2) is 0 Å². The molecule has 0 bridgehead atoms. The van der Waals surface area contributed by atoms with Gasteiger partial charge < -0.3 is 10.2 Å². The number of fused-ring (bicyclic) bond motifs is 1. The van der Waals surface area contributed by atoms with Crippen LogP contribution in [0.15, 0.2) is 78.9 Å². The van der Waals surface area contributed by atoms with Crippen molar-refractivity contribution in [3.63, 3.8) is 0 Å². The van der Waals surface area contributed by atoms with Crippen molar-refractivity contribution in [3.8, 4) is 0 Å². The molecule has 1 N–H and O–H groups in total. The molecule has 0 aromatic heterocycles. The van der Waals surface area contributed by atoms with Crippen molar-refractivity contribution in [1.82, 2.24) is 15.1 Å². The number of benzene rings is 3. The van der Waals surface area contributed by atoms with Gasteiger partial charge in [-0.05, 0) is 48.7 Å². The number of carbonyl (C=O) groups excluding carboxylic acids is 4. The number of hydrogen-bond acceptors (Lipinski definition) is 4. The zero-order chi connectivity index (χ0) is 27.1. The second-order valence-electron chi connectivity index (χ2n) is 9.16. The molecule has 1 unspecified atom stereocenters. The van der Waals surface area contributed by atoms with Gasteiger partial charge in [-0.3, -0.25) is 24.1 Å². The number of carbonyl (C=O) groups is 4. The van der Waals surface area contributed by atoms with Crippen LogP contribution >= 0.6 is 0 Å². The maximum absolute atomic E-state index is 13.6. The number of amides is 4. The fraction of sp³-hybridized carbons (Fsp3) is 0.267. The molecular weight excluding hydrogens is 485 g/mol. The lowest BCUT2D eigenvalue weighted by molar-refractivity contribution is -0.141. The van der Waals surface area contributed by atoms with E-state index in [0.717, 1.165) is 10.5 Å². The summed E-state index contributed by atoms with van der Waals surface area (Å²) in [6.07, 6.45) is 0.578. The minimum atomic E-state index is -0.797. The van der Waals surface area contributed by atoms with Crippen LogP contribution in [0.5, 0.6) is 0 Å². The van der Waals surface area contributed by atoms with E-state index in [-0.39, 0.29) is 49.6 Å². The van der Waals surface area contributed by atoms with E-state index < -0.39 is 11.9 Å². The molecule has 7 nitrogen and oxygen atoms in total. The van der Waals surface area contributed by atoms with Crippen molar-refractivity contribution >= 4 is 23.6 Å². The fourth-order valence-corrected chi connectivity index (χ4v) is 4.61. The van der Waals surface area contributed by atoms with Gasteiger partial charge in [0.2, 0.25) is 11.8 Å². The Morgan fingerprint density at radius 3 is 2.08 bits per heavy atom. The Balaban J connectivity index is 1.52. The van der Waals surface area contributed by atoms with Gasteiger partial charge >= 0.3 is 0 Å². The Bertz CT molecular complexity index is 1280. The van der Waals surface area contributed by atoms with Crippen LogP contribution in [0.25, 0.3) is 0 Å². The summed E-state index contributed by atoms with van der Waals surface area (Å²) in [7, 11) is 0. The summed E-state index contributed by atoms with van der Waals surface area (Å²) in [5.41, 5.74) is 2.30.